The smallest absolute Gasteiger partial charge is 0.161 e. The van der Waals surface area contributed by atoms with Crippen LogP contribution in [-0.2, 0) is 6.54 Å². The van der Waals surface area contributed by atoms with Crippen molar-refractivity contribution >= 4 is 0 Å². The number of methoxy groups -OCH3 is 1. The molecule has 1 aromatic heterocycles. The molecule has 20 heavy (non-hydrogen) atoms. The van der Waals surface area contributed by atoms with Crippen molar-refractivity contribution in [2.24, 2.45) is 0 Å². The van der Waals surface area contributed by atoms with Crippen molar-refractivity contribution in [1.82, 2.24) is 9.55 Å². The van der Waals surface area contributed by atoms with Gasteiger partial charge in [0, 0.05) is 18.9 Å². The molecule has 0 fully saturated rings. The highest BCUT2D eigenvalue weighted by molar-refractivity contribution is 5.43. The average molecular weight is 276 g/mol. The highest BCUT2D eigenvalue weighted by Gasteiger charge is 2.08. The van der Waals surface area contributed by atoms with Gasteiger partial charge in [0.25, 0.3) is 0 Å². The van der Waals surface area contributed by atoms with E-state index in [1.165, 1.54) is 0 Å². The van der Waals surface area contributed by atoms with E-state index in [4.69, 9.17) is 9.47 Å². The van der Waals surface area contributed by atoms with Crippen molar-refractivity contribution in [3.8, 4) is 11.5 Å². The van der Waals surface area contributed by atoms with E-state index >= 15 is 0 Å². The lowest BCUT2D eigenvalue weighted by atomic mass is 10.1. The summed E-state index contributed by atoms with van der Waals surface area (Å²) in [6, 6.07) is 5.48. The second-order valence-corrected chi connectivity index (χ2v) is 4.59. The third-order valence-electron chi connectivity index (χ3n) is 3.05. The first-order chi connectivity index (χ1) is 9.70. The normalized spacial score (nSPS) is 12.2. The largest absolute Gasteiger partial charge is 0.493 e. The first-order valence-electron chi connectivity index (χ1n) is 6.65. The number of aryl methyl sites for hydroxylation is 1. The van der Waals surface area contributed by atoms with Gasteiger partial charge in [-0.05, 0) is 31.0 Å². The van der Waals surface area contributed by atoms with E-state index in [9.17, 15) is 5.11 Å². The third-order valence-corrected chi connectivity index (χ3v) is 3.05. The Morgan fingerprint density at radius 3 is 2.85 bits per heavy atom. The zero-order chi connectivity index (χ0) is 14.4. The third kappa shape index (κ3) is 3.74. The molecule has 0 amide bonds. The summed E-state index contributed by atoms with van der Waals surface area (Å²) in [5.41, 5.74) is 0.813. The van der Waals surface area contributed by atoms with Crippen LogP contribution in [0.2, 0.25) is 0 Å². The maximum Gasteiger partial charge on any atom is 0.161 e. The molecule has 2 aromatic rings. The second kappa shape index (κ2) is 6.96. The summed E-state index contributed by atoms with van der Waals surface area (Å²) >= 11 is 0. The van der Waals surface area contributed by atoms with Gasteiger partial charge in [0.1, 0.15) is 0 Å². The van der Waals surface area contributed by atoms with Gasteiger partial charge in [-0.25, -0.2) is 4.98 Å². The Hall–Kier alpha value is -2.01. The van der Waals surface area contributed by atoms with Gasteiger partial charge < -0.3 is 19.1 Å². The average Bonchev–Trinajstić information content (AvgIpc) is 2.96. The van der Waals surface area contributed by atoms with Crippen LogP contribution in [0.15, 0.2) is 36.9 Å². The molecular formula is C15H20N2O3. The van der Waals surface area contributed by atoms with E-state index in [0.717, 1.165) is 18.5 Å². The van der Waals surface area contributed by atoms with Crippen LogP contribution in [0.1, 0.15) is 25.0 Å². The van der Waals surface area contributed by atoms with Crippen molar-refractivity contribution in [3.05, 3.63) is 42.5 Å². The summed E-state index contributed by atoms with van der Waals surface area (Å²) in [6.07, 6.45) is 5.85. The van der Waals surface area contributed by atoms with Gasteiger partial charge in [-0.1, -0.05) is 6.07 Å². The number of rotatable bonds is 7. The molecule has 1 unspecified atom stereocenters. The highest BCUT2D eigenvalue weighted by atomic mass is 16.5. The van der Waals surface area contributed by atoms with Crippen molar-refractivity contribution < 1.29 is 14.6 Å². The minimum Gasteiger partial charge on any atom is -0.493 e. The maximum atomic E-state index is 9.55. The van der Waals surface area contributed by atoms with Crippen molar-refractivity contribution in [2.45, 2.75) is 26.0 Å². The van der Waals surface area contributed by atoms with Gasteiger partial charge >= 0.3 is 0 Å². The molecule has 1 heterocycles. The fraction of sp³-hybridized carbons (Fsp3) is 0.400. The molecule has 2 rings (SSSR count). The number of hydrogen-bond donors (Lipinski definition) is 1. The van der Waals surface area contributed by atoms with Crippen LogP contribution in [0, 0.1) is 0 Å². The minimum atomic E-state index is -0.515. The quantitative estimate of drug-likeness (QED) is 0.789. The molecule has 108 valence electrons. The number of aliphatic hydroxyl groups excluding tert-OH is 1. The van der Waals surface area contributed by atoms with Crippen LogP contribution in [0.5, 0.6) is 11.5 Å². The van der Waals surface area contributed by atoms with Gasteiger partial charge in [0.05, 0.1) is 26.1 Å². The Labute approximate surface area is 118 Å². The highest BCUT2D eigenvalue weighted by Crippen LogP contribution is 2.30. The molecule has 0 aliphatic heterocycles. The zero-order valence-electron chi connectivity index (χ0n) is 11.8. The van der Waals surface area contributed by atoms with Gasteiger partial charge in [-0.3, -0.25) is 0 Å². The topological polar surface area (TPSA) is 56.5 Å². The number of imidazole rings is 1. The van der Waals surface area contributed by atoms with E-state index in [0.29, 0.717) is 18.1 Å². The molecule has 1 aromatic carbocycles. The molecule has 0 saturated heterocycles. The van der Waals surface area contributed by atoms with Crippen LogP contribution in [0.3, 0.4) is 0 Å². The zero-order valence-corrected chi connectivity index (χ0v) is 11.8. The Morgan fingerprint density at radius 2 is 2.20 bits per heavy atom. The molecule has 0 radical (unpaired) electrons. The number of ether oxygens (including phenoxy) is 2. The molecule has 0 aliphatic carbocycles. The summed E-state index contributed by atoms with van der Waals surface area (Å²) in [6.45, 7) is 3.19. The van der Waals surface area contributed by atoms with Crippen LogP contribution in [0.25, 0.3) is 0 Å². The SMILES string of the molecule is COc1cc(C(C)O)ccc1OCCCn1ccnc1. The number of aromatic nitrogens is 2. The summed E-state index contributed by atoms with van der Waals surface area (Å²) in [7, 11) is 1.60. The Balaban J connectivity index is 1.88. The Bertz CT molecular complexity index is 524. The summed E-state index contributed by atoms with van der Waals surface area (Å²) < 4.78 is 13.0. The van der Waals surface area contributed by atoms with Crippen molar-refractivity contribution in [3.63, 3.8) is 0 Å². The molecule has 0 saturated carbocycles. The fourth-order valence-electron chi connectivity index (χ4n) is 1.91. The second-order valence-electron chi connectivity index (χ2n) is 4.59. The van der Waals surface area contributed by atoms with Crippen molar-refractivity contribution in [1.29, 1.82) is 0 Å². The van der Waals surface area contributed by atoms with E-state index < -0.39 is 6.10 Å². The summed E-state index contributed by atoms with van der Waals surface area (Å²) in [5, 5.41) is 9.55. The predicted octanol–water partition coefficient (Wildman–Crippen LogP) is 2.41. The van der Waals surface area contributed by atoms with Crippen LogP contribution < -0.4 is 9.47 Å². The molecule has 0 aliphatic rings. The van der Waals surface area contributed by atoms with Gasteiger partial charge in [-0.2, -0.15) is 0 Å². The fourth-order valence-corrected chi connectivity index (χ4v) is 1.91. The van der Waals surface area contributed by atoms with Gasteiger partial charge in [0.2, 0.25) is 0 Å². The summed E-state index contributed by atoms with van der Waals surface area (Å²) in [5.74, 6) is 1.34. The van der Waals surface area contributed by atoms with Crippen LogP contribution >= 0.6 is 0 Å². The molecule has 0 bridgehead atoms. The Morgan fingerprint density at radius 1 is 1.35 bits per heavy atom. The number of nitrogens with zero attached hydrogens (tertiary/aromatic N) is 2. The van der Waals surface area contributed by atoms with Crippen LogP contribution in [-0.4, -0.2) is 28.4 Å². The lowest BCUT2D eigenvalue weighted by Crippen LogP contribution is -2.04. The predicted molar refractivity (Wildman–Crippen MR) is 76.0 cm³/mol. The van der Waals surface area contributed by atoms with E-state index in [2.05, 4.69) is 4.98 Å². The molecule has 1 atom stereocenters. The lowest BCUT2D eigenvalue weighted by Gasteiger charge is -2.13. The standard InChI is InChI=1S/C15H20N2O3/c1-12(18)13-4-5-14(15(10-13)19-2)20-9-3-7-17-8-6-16-11-17/h4-6,8,10-12,18H,3,7,9H2,1-2H3. The number of benzene rings is 1. The maximum absolute atomic E-state index is 9.55. The first-order valence-corrected chi connectivity index (χ1v) is 6.65. The monoisotopic (exact) mass is 276 g/mol. The Kier molecular flexibility index (Phi) is 5.01. The molecule has 0 spiro atoms. The van der Waals surface area contributed by atoms with E-state index in [1.807, 2.05) is 22.9 Å². The van der Waals surface area contributed by atoms with Gasteiger partial charge in [0.15, 0.2) is 11.5 Å². The van der Waals surface area contributed by atoms with E-state index in [-0.39, 0.29) is 0 Å². The molecule has 5 nitrogen and oxygen atoms in total. The lowest BCUT2D eigenvalue weighted by molar-refractivity contribution is 0.198. The van der Waals surface area contributed by atoms with Gasteiger partial charge in [-0.15, -0.1) is 0 Å². The number of hydrogen-bond acceptors (Lipinski definition) is 4. The minimum absolute atomic E-state index is 0.515. The molecule has 5 heteroatoms. The van der Waals surface area contributed by atoms with E-state index in [1.54, 1.807) is 32.6 Å². The molecule has 1 N–H and O–H groups in total. The van der Waals surface area contributed by atoms with Crippen LogP contribution in [0.4, 0.5) is 0 Å². The van der Waals surface area contributed by atoms with Crippen molar-refractivity contribution in [2.75, 3.05) is 13.7 Å². The molecular weight excluding hydrogens is 256 g/mol. The first kappa shape index (κ1) is 14.4. The number of aliphatic hydroxyl groups is 1. The summed E-state index contributed by atoms with van der Waals surface area (Å²) in [4.78, 5) is 3.99.